The van der Waals surface area contributed by atoms with Crippen molar-refractivity contribution < 1.29 is 0 Å². The van der Waals surface area contributed by atoms with Crippen LogP contribution < -0.4 is 0 Å². The number of nitrogens with zero attached hydrogens (tertiary/aromatic N) is 1. The molecule has 0 rings (SSSR count). The molecule has 0 saturated heterocycles. The molecular weight excluding hydrogens is 110 g/mol. The summed E-state index contributed by atoms with van der Waals surface area (Å²) in [6, 6.07) is 0.388. The van der Waals surface area contributed by atoms with Crippen LogP contribution in [0.3, 0.4) is 0 Å². The first kappa shape index (κ1) is 6.96. The summed E-state index contributed by atoms with van der Waals surface area (Å²) >= 11 is 5.30. The molecule has 0 aliphatic rings. The molecule has 0 fully saturated rings. The van der Waals surface area contributed by atoms with Crippen molar-refractivity contribution in [2.24, 2.45) is 4.99 Å². The fraction of sp³-hybridized carbons (Fsp3) is 0.800. The molecular formula is C5H10ClN. The molecule has 0 aromatic rings. The molecule has 2 heteroatoms. The van der Waals surface area contributed by atoms with Gasteiger partial charge in [0.1, 0.15) is 0 Å². The lowest BCUT2D eigenvalue weighted by Crippen LogP contribution is -1.88. The maximum Gasteiger partial charge on any atom is 0.0573 e. The fourth-order valence-electron chi connectivity index (χ4n) is 0.251. The van der Waals surface area contributed by atoms with E-state index in [0.29, 0.717) is 11.9 Å². The largest absolute Gasteiger partial charge is 0.294 e. The molecule has 0 spiro atoms. The standard InChI is InChI=1S/C5H10ClN/c1-5(2)7-4-3-6/h4-5H,3H2,1-2H3. The zero-order valence-corrected chi connectivity index (χ0v) is 5.44. The van der Waals surface area contributed by atoms with Crippen LogP contribution in [-0.2, 0) is 0 Å². The van der Waals surface area contributed by atoms with Gasteiger partial charge in [0.05, 0.1) is 5.88 Å². The summed E-state index contributed by atoms with van der Waals surface area (Å²) in [6.07, 6.45) is 1.71. The van der Waals surface area contributed by atoms with Crippen molar-refractivity contribution in [3.8, 4) is 0 Å². The maximum atomic E-state index is 5.30. The molecule has 0 radical (unpaired) electrons. The quantitative estimate of drug-likeness (QED) is 0.388. The van der Waals surface area contributed by atoms with Crippen molar-refractivity contribution in [3.63, 3.8) is 0 Å². The van der Waals surface area contributed by atoms with Crippen LogP contribution in [0.15, 0.2) is 4.99 Å². The SMILES string of the molecule is CC(C)N=CCCl. The van der Waals surface area contributed by atoms with Gasteiger partial charge in [0, 0.05) is 12.3 Å². The van der Waals surface area contributed by atoms with Gasteiger partial charge in [0.2, 0.25) is 0 Å². The zero-order chi connectivity index (χ0) is 5.70. The molecule has 0 saturated carbocycles. The summed E-state index contributed by atoms with van der Waals surface area (Å²) in [5.41, 5.74) is 0. The molecule has 1 nitrogen and oxygen atoms in total. The fourth-order valence-corrected chi connectivity index (χ4v) is 0.330. The van der Waals surface area contributed by atoms with E-state index in [2.05, 4.69) is 4.99 Å². The van der Waals surface area contributed by atoms with Gasteiger partial charge in [-0.3, -0.25) is 4.99 Å². The molecule has 0 unspecified atom stereocenters. The summed E-state index contributed by atoms with van der Waals surface area (Å²) in [7, 11) is 0. The molecule has 0 aliphatic carbocycles. The lowest BCUT2D eigenvalue weighted by molar-refractivity contribution is 0.840. The van der Waals surface area contributed by atoms with Crippen LogP contribution in [0.2, 0.25) is 0 Å². The third-order valence-electron chi connectivity index (χ3n) is 0.473. The van der Waals surface area contributed by atoms with Crippen molar-refractivity contribution in [1.29, 1.82) is 0 Å². The molecule has 0 heterocycles. The van der Waals surface area contributed by atoms with Crippen LogP contribution >= 0.6 is 11.6 Å². The molecule has 7 heavy (non-hydrogen) atoms. The molecule has 0 atom stereocenters. The van der Waals surface area contributed by atoms with Crippen LogP contribution in [0.5, 0.6) is 0 Å². The minimum Gasteiger partial charge on any atom is -0.294 e. The van der Waals surface area contributed by atoms with Crippen LogP contribution in [-0.4, -0.2) is 18.1 Å². The third kappa shape index (κ3) is 5.96. The maximum absolute atomic E-state index is 5.30. The Morgan fingerprint density at radius 3 is 2.43 bits per heavy atom. The van der Waals surface area contributed by atoms with Crippen molar-refractivity contribution in [1.82, 2.24) is 0 Å². The highest BCUT2D eigenvalue weighted by molar-refractivity contribution is 6.24. The van der Waals surface area contributed by atoms with Crippen molar-refractivity contribution in [2.75, 3.05) is 5.88 Å². The Morgan fingerprint density at radius 2 is 2.29 bits per heavy atom. The molecule has 0 N–H and O–H groups in total. The smallest absolute Gasteiger partial charge is 0.0573 e. The molecule has 0 bridgehead atoms. The van der Waals surface area contributed by atoms with Crippen LogP contribution in [0, 0.1) is 0 Å². The molecule has 0 amide bonds. The van der Waals surface area contributed by atoms with Crippen molar-refractivity contribution >= 4 is 17.8 Å². The van der Waals surface area contributed by atoms with E-state index in [1.807, 2.05) is 13.8 Å². The van der Waals surface area contributed by atoms with Gasteiger partial charge >= 0.3 is 0 Å². The van der Waals surface area contributed by atoms with E-state index >= 15 is 0 Å². The van der Waals surface area contributed by atoms with Gasteiger partial charge in [0.15, 0.2) is 0 Å². The van der Waals surface area contributed by atoms with E-state index < -0.39 is 0 Å². The molecule has 0 aromatic carbocycles. The second kappa shape index (κ2) is 4.13. The average Bonchev–Trinajstić information content (AvgIpc) is 1.61. The van der Waals surface area contributed by atoms with E-state index in [0.717, 1.165) is 0 Å². The topological polar surface area (TPSA) is 12.4 Å². The normalized spacial score (nSPS) is 11.4. The first-order valence-corrected chi connectivity index (χ1v) is 2.88. The number of alkyl halides is 1. The first-order chi connectivity index (χ1) is 3.27. The van der Waals surface area contributed by atoms with E-state index in [1.54, 1.807) is 6.21 Å². The Balaban J connectivity index is 3.08. The Morgan fingerprint density at radius 1 is 1.71 bits per heavy atom. The van der Waals surface area contributed by atoms with Crippen LogP contribution in [0.25, 0.3) is 0 Å². The Hall–Kier alpha value is -0.0400. The average molecular weight is 120 g/mol. The van der Waals surface area contributed by atoms with Gasteiger partial charge in [-0.15, -0.1) is 11.6 Å². The minimum absolute atomic E-state index is 0.388. The number of aliphatic imine (C=N–C) groups is 1. The van der Waals surface area contributed by atoms with Gasteiger partial charge in [-0.1, -0.05) is 0 Å². The predicted octanol–water partition coefficient (Wildman–Crippen LogP) is 1.70. The van der Waals surface area contributed by atoms with E-state index in [-0.39, 0.29) is 0 Å². The van der Waals surface area contributed by atoms with E-state index in [4.69, 9.17) is 11.6 Å². The van der Waals surface area contributed by atoms with Crippen molar-refractivity contribution in [2.45, 2.75) is 19.9 Å². The highest BCUT2D eigenvalue weighted by Crippen LogP contribution is 1.82. The molecule has 42 valence electrons. The Labute approximate surface area is 49.4 Å². The number of rotatable bonds is 2. The number of hydrogen-bond acceptors (Lipinski definition) is 1. The molecule has 0 aromatic heterocycles. The third-order valence-corrected chi connectivity index (χ3v) is 0.611. The van der Waals surface area contributed by atoms with Gasteiger partial charge in [0.25, 0.3) is 0 Å². The summed E-state index contributed by atoms with van der Waals surface area (Å²) < 4.78 is 0. The number of halogens is 1. The summed E-state index contributed by atoms with van der Waals surface area (Å²) in [5, 5.41) is 0. The highest BCUT2D eigenvalue weighted by Gasteiger charge is 1.79. The first-order valence-electron chi connectivity index (χ1n) is 2.35. The van der Waals surface area contributed by atoms with Gasteiger partial charge in [-0.2, -0.15) is 0 Å². The van der Waals surface area contributed by atoms with Crippen LogP contribution in [0.4, 0.5) is 0 Å². The van der Waals surface area contributed by atoms with Crippen LogP contribution in [0.1, 0.15) is 13.8 Å². The Kier molecular flexibility index (Phi) is 4.10. The second-order valence-corrected chi connectivity index (χ2v) is 1.89. The van der Waals surface area contributed by atoms with Gasteiger partial charge < -0.3 is 0 Å². The minimum atomic E-state index is 0.388. The lowest BCUT2D eigenvalue weighted by atomic mass is 10.4. The van der Waals surface area contributed by atoms with E-state index in [9.17, 15) is 0 Å². The highest BCUT2D eigenvalue weighted by atomic mass is 35.5. The van der Waals surface area contributed by atoms with Crippen molar-refractivity contribution in [3.05, 3.63) is 0 Å². The number of hydrogen-bond donors (Lipinski definition) is 0. The monoisotopic (exact) mass is 119 g/mol. The zero-order valence-electron chi connectivity index (χ0n) is 4.69. The van der Waals surface area contributed by atoms with Gasteiger partial charge in [-0.05, 0) is 13.8 Å². The Bertz CT molecular complexity index is 59.1. The summed E-state index contributed by atoms with van der Waals surface area (Å²) in [6.45, 7) is 4.03. The predicted molar refractivity (Wildman–Crippen MR) is 34.3 cm³/mol. The lowest BCUT2D eigenvalue weighted by Gasteiger charge is -1.89. The molecule has 0 aliphatic heterocycles. The summed E-state index contributed by atoms with van der Waals surface area (Å²) in [5.74, 6) is 0.526. The summed E-state index contributed by atoms with van der Waals surface area (Å²) in [4.78, 5) is 3.99. The second-order valence-electron chi connectivity index (χ2n) is 1.58. The van der Waals surface area contributed by atoms with E-state index in [1.165, 1.54) is 0 Å². The van der Waals surface area contributed by atoms with Gasteiger partial charge in [-0.25, -0.2) is 0 Å².